The maximum absolute atomic E-state index is 11.1. The number of urea groups is 1. The molecule has 126 valence electrons. The average molecular weight is 337 g/mol. The molecule has 0 aliphatic heterocycles. The first-order chi connectivity index (χ1) is 12.0. The molecule has 0 spiro atoms. The summed E-state index contributed by atoms with van der Waals surface area (Å²) in [6.07, 6.45) is 0. The zero-order chi connectivity index (χ0) is 17.8. The Morgan fingerprint density at radius 1 is 1.12 bits per heavy atom. The predicted octanol–water partition coefficient (Wildman–Crippen LogP) is 2.84. The first-order valence-electron chi connectivity index (χ1n) is 7.37. The summed E-state index contributed by atoms with van der Waals surface area (Å²) in [6, 6.07) is 13.0. The number of carbonyl (C=O) groups is 1. The fourth-order valence-corrected chi connectivity index (χ4v) is 2.14. The molecule has 3 rings (SSSR count). The van der Waals surface area contributed by atoms with Gasteiger partial charge in [0.2, 0.25) is 5.95 Å². The van der Waals surface area contributed by atoms with Gasteiger partial charge in [-0.3, -0.25) is 5.32 Å². The van der Waals surface area contributed by atoms with E-state index in [9.17, 15) is 9.90 Å². The molecule has 1 aromatic heterocycles. The zero-order valence-electron chi connectivity index (χ0n) is 13.3. The number of benzene rings is 2. The summed E-state index contributed by atoms with van der Waals surface area (Å²) in [4.78, 5) is 23.4. The minimum atomic E-state index is -0.823. The molecule has 0 bridgehead atoms. The fourth-order valence-electron chi connectivity index (χ4n) is 2.14. The molecule has 0 saturated heterocycles. The van der Waals surface area contributed by atoms with Crippen LogP contribution in [0.5, 0.6) is 17.5 Å². The average Bonchev–Trinajstić information content (AvgIpc) is 2.54. The summed E-state index contributed by atoms with van der Waals surface area (Å²) in [5.41, 5.74) is 6.49. The van der Waals surface area contributed by atoms with Crippen molar-refractivity contribution in [2.24, 2.45) is 5.73 Å². The van der Waals surface area contributed by atoms with E-state index in [4.69, 9.17) is 10.5 Å². The van der Waals surface area contributed by atoms with Gasteiger partial charge in [0, 0.05) is 0 Å². The van der Waals surface area contributed by atoms with Crippen LogP contribution in [-0.4, -0.2) is 26.1 Å². The summed E-state index contributed by atoms with van der Waals surface area (Å²) < 4.78 is 5.65. The number of hydrogen-bond acceptors (Lipinski definition) is 6. The molecule has 0 unspecified atom stereocenters. The minimum Gasteiger partial charge on any atom is -0.507 e. The second-order valence-electron chi connectivity index (χ2n) is 5.19. The molecular weight excluding hydrogens is 322 g/mol. The number of nitrogens with zero attached hydrogens (tertiary/aromatic N) is 3. The van der Waals surface area contributed by atoms with Crippen LogP contribution in [0.3, 0.4) is 0 Å². The SMILES string of the molecule is Cc1cccc(Oc2nc(NC(N)=O)nc(-c3ccccc3O)n2)c1. The molecule has 3 aromatic rings. The smallest absolute Gasteiger partial charge is 0.327 e. The Morgan fingerprint density at radius 3 is 2.64 bits per heavy atom. The van der Waals surface area contributed by atoms with Gasteiger partial charge in [-0.25, -0.2) is 4.79 Å². The second kappa shape index (κ2) is 6.83. The number of phenols is 1. The van der Waals surface area contributed by atoms with Gasteiger partial charge in [0.1, 0.15) is 11.5 Å². The highest BCUT2D eigenvalue weighted by Gasteiger charge is 2.14. The predicted molar refractivity (Wildman–Crippen MR) is 91.4 cm³/mol. The third-order valence-electron chi connectivity index (χ3n) is 3.19. The van der Waals surface area contributed by atoms with Crippen molar-refractivity contribution in [2.75, 3.05) is 5.32 Å². The number of nitrogens with one attached hydrogen (secondary N) is 1. The van der Waals surface area contributed by atoms with Crippen molar-refractivity contribution in [1.82, 2.24) is 15.0 Å². The molecule has 1 heterocycles. The molecule has 8 heteroatoms. The van der Waals surface area contributed by atoms with Gasteiger partial charge in [-0.05, 0) is 36.8 Å². The second-order valence-corrected chi connectivity index (χ2v) is 5.19. The van der Waals surface area contributed by atoms with Gasteiger partial charge in [-0.15, -0.1) is 0 Å². The van der Waals surface area contributed by atoms with Crippen molar-refractivity contribution < 1.29 is 14.6 Å². The highest BCUT2D eigenvalue weighted by atomic mass is 16.5. The number of rotatable bonds is 4. The summed E-state index contributed by atoms with van der Waals surface area (Å²) in [5.74, 6) is 0.572. The number of aromatic nitrogens is 3. The molecule has 8 nitrogen and oxygen atoms in total. The van der Waals surface area contributed by atoms with Crippen molar-refractivity contribution in [1.29, 1.82) is 0 Å². The molecule has 2 amide bonds. The molecule has 25 heavy (non-hydrogen) atoms. The van der Waals surface area contributed by atoms with Crippen molar-refractivity contribution in [2.45, 2.75) is 6.92 Å². The Hall–Kier alpha value is -3.68. The molecule has 4 N–H and O–H groups in total. The lowest BCUT2D eigenvalue weighted by molar-refractivity contribution is 0.259. The van der Waals surface area contributed by atoms with Gasteiger partial charge >= 0.3 is 12.0 Å². The van der Waals surface area contributed by atoms with Crippen molar-refractivity contribution in [3.8, 4) is 28.9 Å². The lowest BCUT2D eigenvalue weighted by Gasteiger charge is -2.09. The number of anilines is 1. The van der Waals surface area contributed by atoms with E-state index in [1.165, 1.54) is 6.07 Å². The van der Waals surface area contributed by atoms with E-state index < -0.39 is 6.03 Å². The quantitative estimate of drug-likeness (QED) is 0.672. The fraction of sp³-hybridized carbons (Fsp3) is 0.0588. The number of carbonyl (C=O) groups excluding carboxylic acids is 1. The standard InChI is InChI=1S/C17H15N5O3/c1-10-5-4-6-11(9-10)25-17-20-14(12-7-2-3-8-13(12)23)19-16(22-17)21-15(18)24/h2-9,23H,1H3,(H3,18,19,20,21,22,24). The first-order valence-corrected chi connectivity index (χ1v) is 7.37. The number of amides is 2. The number of ether oxygens (including phenoxy) is 1. The normalized spacial score (nSPS) is 10.3. The Bertz CT molecular complexity index is 930. The Labute approximate surface area is 143 Å². The number of aryl methyl sites for hydroxylation is 1. The van der Waals surface area contributed by atoms with Crippen LogP contribution in [0.15, 0.2) is 48.5 Å². The maximum atomic E-state index is 11.1. The van der Waals surface area contributed by atoms with Crippen LogP contribution < -0.4 is 15.8 Å². The number of hydrogen-bond donors (Lipinski definition) is 3. The van der Waals surface area contributed by atoms with Crippen LogP contribution in [-0.2, 0) is 0 Å². The maximum Gasteiger partial charge on any atom is 0.327 e. The van der Waals surface area contributed by atoms with E-state index in [2.05, 4.69) is 20.3 Å². The largest absolute Gasteiger partial charge is 0.507 e. The van der Waals surface area contributed by atoms with Crippen molar-refractivity contribution in [3.63, 3.8) is 0 Å². The van der Waals surface area contributed by atoms with Crippen LogP contribution in [0.1, 0.15) is 5.56 Å². The molecule has 0 aliphatic rings. The summed E-state index contributed by atoms with van der Waals surface area (Å²) in [5, 5.41) is 12.3. The monoisotopic (exact) mass is 337 g/mol. The van der Waals surface area contributed by atoms with Crippen LogP contribution in [0.2, 0.25) is 0 Å². The van der Waals surface area contributed by atoms with Crippen molar-refractivity contribution in [3.05, 3.63) is 54.1 Å². The number of aromatic hydroxyl groups is 1. The van der Waals surface area contributed by atoms with Crippen LogP contribution in [0.25, 0.3) is 11.4 Å². The van der Waals surface area contributed by atoms with Gasteiger partial charge in [-0.2, -0.15) is 15.0 Å². The summed E-state index contributed by atoms with van der Waals surface area (Å²) >= 11 is 0. The van der Waals surface area contributed by atoms with Gasteiger partial charge < -0.3 is 15.6 Å². The molecule has 0 saturated carbocycles. The van der Waals surface area contributed by atoms with E-state index >= 15 is 0 Å². The minimum absolute atomic E-state index is 0.0137. The third kappa shape index (κ3) is 3.99. The number of primary amides is 1. The Morgan fingerprint density at radius 2 is 1.92 bits per heavy atom. The van der Waals surface area contributed by atoms with Gasteiger partial charge in [0.25, 0.3) is 0 Å². The first kappa shape index (κ1) is 16.2. The Kier molecular flexibility index (Phi) is 4.42. The van der Waals surface area contributed by atoms with Gasteiger partial charge in [0.05, 0.1) is 5.56 Å². The van der Waals surface area contributed by atoms with Crippen molar-refractivity contribution >= 4 is 12.0 Å². The number of phenolic OH excluding ortho intramolecular Hbond substituents is 1. The van der Waals surface area contributed by atoms with Crippen LogP contribution in [0, 0.1) is 6.92 Å². The number of para-hydroxylation sites is 1. The molecule has 0 radical (unpaired) electrons. The van der Waals surface area contributed by atoms with E-state index in [0.29, 0.717) is 11.3 Å². The summed E-state index contributed by atoms with van der Waals surface area (Å²) in [6.45, 7) is 1.92. The van der Waals surface area contributed by atoms with Crippen LogP contribution >= 0.6 is 0 Å². The molecule has 0 atom stereocenters. The third-order valence-corrected chi connectivity index (χ3v) is 3.19. The highest BCUT2D eigenvalue weighted by Crippen LogP contribution is 2.28. The highest BCUT2D eigenvalue weighted by molar-refractivity contribution is 5.86. The lowest BCUT2D eigenvalue weighted by Crippen LogP contribution is -2.21. The van der Waals surface area contributed by atoms with Gasteiger partial charge in [-0.1, -0.05) is 24.3 Å². The lowest BCUT2D eigenvalue weighted by atomic mass is 10.2. The van der Waals surface area contributed by atoms with E-state index in [-0.39, 0.29) is 23.5 Å². The number of nitrogens with two attached hydrogens (primary N) is 1. The van der Waals surface area contributed by atoms with Gasteiger partial charge in [0.15, 0.2) is 5.82 Å². The molecule has 0 aliphatic carbocycles. The summed E-state index contributed by atoms with van der Waals surface area (Å²) in [7, 11) is 0. The molecule has 2 aromatic carbocycles. The zero-order valence-corrected chi connectivity index (χ0v) is 13.3. The van der Waals surface area contributed by atoms with E-state index in [1.54, 1.807) is 24.3 Å². The Balaban J connectivity index is 2.04. The van der Waals surface area contributed by atoms with Crippen LogP contribution in [0.4, 0.5) is 10.7 Å². The molecular formula is C17H15N5O3. The topological polar surface area (TPSA) is 123 Å². The van der Waals surface area contributed by atoms with E-state index in [1.807, 2.05) is 25.1 Å². The molecule has 0 fully saturated rings. The van der Waals surface area contributed by atoms with E-state index in [0.717, 1.165) is 5.56 Å².